The summed E-state index contributed by atoms with van der Waals surface area (Å²) in [7, 11) is 3.04. The van der Waals surface area contributed by atoms with Crippen LogP contribution in [0.25, 0.3) is 0 Å². The van der Waals surface area contributed by atoms with Gasteiger partial charge in [-0.3, -0.25) is 9.59 Å². The molecule has 0 saturated heterocycles. The second-order valence-corrected chi connectivity index (χ2v) is 9.85. The molecule has 190 valence electrons. The van der Waals surface area contributed by atoms with Crippen molar-refractivity contribution in [3.8, 4) is 0 Å². The molecule has 0 fully saturated rings. The number of anilines is 1. The predicted molar refractivity (Wildman–Crippen MR) is 140 cm³/mol. The van der Waals surface area contributed by atoms with Crippen molar-refractivity contribution >= 4 is 58.4 Å². The van der Waals surface area contributed by atoms with Crippen molar-refractivity contribution in [1.82, 2.24) is 20.1 Å². The van der Waals surface area contributed by atoms with Gasteiger partial charge in [-0.15, -0.1) is 10.2 Å². The third kappa shape index (κ3) is 6.57. The summed E-state index contributed by atoms with van der Waals surface area (Å²) in [6.45, 7) is 3.90. The number of amides is 2. The van der Waals surface area contributed by atoms with E-state index in [9.17, 15) is 14.4 Å². The summed E-state index contributed by atoms with van der Waals surface area (Å²) >= 11 is 13.2. The molecule has 0 saturated carbocycles. The van der Waals surface area contributed by atoms with Crippen molar-refractivity contribution in [1.29, 1.82) is 0 Å². The zero-order valence-corrected chi connectivity index (χ0v) is 22.4. The zero-order chi connectivity index (χ0) is 26.4. The number of hydrogen-bond acceptors (Lipinski definition) is 7. The van der Waals surface area contributed by atoms with E-state index in [1.165, 1.54) is 24.9 Å². The van der Waals surface area contributed by atoms with E-state index in [2.05, 4.69) is 20.8 Å². The summed E-state index contributed by atoms with van der Waals surface area (Å²) in [5.41, 5.74) is 0.992. The fourth-order valence-corrected chi connectivity index (χ4v) is 4.33. The Morgan fingerprint density at radius 2 is 1.81 bits per heavy atom. The minimum atomic E-state index is -0.542. The van der Waals surface area contributed by atoms with E-state index >= 15 is 0 Å². The molecule has 2 aromatic carbocycles. The molecule has 0 bridgehead atoms. The number of ether oxygens (including phenoxy) is 1. The Bertz CT molecular complexity index is 1280. The van der Waals surface area contributed by atoms with E-state index in [1.54, 1.807) is 48.0 Å². The van der Waals surface area contributed by atoms with Gasteiger partial charge in [-0.05, 0) is 36.2 Å². The van der Waals surface area contributed by atoms with E-state index in [-0.39, 0.29) is 34.1 Å². The van der Waals surface area contributed by atoms with E-state index in [1.807, 2.05) is 13.8 Å². The summed E-state index contributed by atoms with van der Waals surface area (Å²) in [6.07, 6.45) is 0. The number of hydrogen-bond donors (Lipinski definition) is 2. The molecule has 0 radical (unpaired) electrons. The molecule has 0 aliphatic carbocycles. The van der Waals surface area contributed by atoms with Crippen molar-refractivity contribution in [3.05, 3.63) is 69.5 Å². The van der Waals surface area contributed by atoms with Gasteiger partial charge in [0.05, 0.1) is 40.2 Å². The van der Waals surface area contributed by atoms with Gasteiger partial charge in [-0.25, -0.2) is 4.79 Å². The summed E-state index contributed by atoms with van der Waals surface area (Å²) in [5, 5.41) is 15.3. The van der Waals surface area contributed by atoms with E-state index in [0.717, 1.165) is 0 Å². The molecule has 12 heteroatoms. The van der Waals surface area contributed by atoms with E-state index in [4.69, 9.17) is 27.9 Å². The van der Waals surface area contributed by atoms with E-state index < -0.39 is 12.0 Å². The molecule has 2 amide bonds. The van der Waals surface area contributed by atoms with Crippen molar-refractivity contribution in [2.75, 3.05) is 18.2 Å². The summed E-state index contributed by atoms with van der Waals surface area (Å²) < 4.78 is 6.49. The summed E-state index contributed by atoms with van der Waals surface area (Å²) in [5.74, 6) is -0.627. The number of nitrogens with zero attached hydrogens (tertiary/aromatic N) is 3. The van der Waals surface area contributed by atoms with Crippen LogP contribution in [0.15, 0.2) is 47.6 Å². The van der Waals surface area contributed by atoms with Crippen LogP contribution in [-0.4, -0.2) is 45.4 Å². The predicted octanol–water partition coefficient (Wildman–Crippen LogP) is 4.77. The lowest BCUT2D eigenvalue weighted by Crippen LogP contribution is -2.33. The van der Waals surface area contributed by atoms with Crippen molar-refractivity contribution in [2.24, 2.45) is 13.0 Å². The van der Waals surface area contributed by atoms with Gasteiger partial charge in [-0.1, -0.05) is 60.9 Å². The smallest absolute Gasteiger partial charge is 0.339 e. The van der Waals surface area contributed by atoms with E-state index in [0.29, 0.717) is 27.3 Å². The van der Waals surface area contributed by atoms with Crippen LogP contribution in [0.2, 0.25) is 10.0 Å². The van der Waals surface area contributed by atoms with Crippen LogP contribution in [0, 0.1) is 5.92 Å². The van der Waals surface area contributed by atoms with Gasteiger partial charge in [0.1, 0.15) is 0 Å². The minimum Gasteiger partial charge on any atom is -0.465 e. The monoisotopic (exact) mass is 549 g/mol. The number of carbonyl (C=O) groups is 3. The number of nitrogens with one attached hydrogen (secondary N) is 2. The Balaban J connectivity index is 1.69. The number of benzene rings is 2. The highest BCUT2D eigenvalue weighted by molar-refractivity contribution is 7.99. The highest BCUT2D eigenvalue weighted by atomic mass is 35.5. The maximum Gasteiger partial charge on any atom is 0.339 e. The van der Waals surface area contributed by atoms with Gasteiger partial charge >= 0.3 is 5.97 Å². The van der Waals surface area contributed by atoms with Crippen LogP contribution in [-0.2, 0) is 16.6 Å². The third-order valence-electron chi connectivity index (χ3n) is 5.22. The highest BCUT2D eigenvalue weighted by Gasteiger charge is 2.26. The molecule has 9 nitrogen and oxygen atoms in total. The van der Waals surface area contributed by atoms with Crippen molar-refractivity contribution in [3.63, 3.8) is 0 Å². The first-order valence-corrected chi connectivity index (χ1v) is 12.6. The maximum atomic E-state index is 12.8. The standard InChI is InChI=1S/C24H25Cl2N5O4S/c1-13(2)20(28-22(33)14-9-10-16(25)17(26)11-14)21-29-30-24(31(21)3)36-12-19(32)27-18-8-6-5-7-15(18)23(34)35-4/h5-11,13,20H,12H2,1-4H3,(H,27,32)(H,28,33)/t20-/m1/s1. The molecular weight excluding hydrogens is 525 g/mol. The fraction of sp³-hybridized carbons (Fsp3) is 0.292. The molecule has 0 unspecified atom stereocenters. The molecule has 36 heavy (non-hydrogen) atoms. The number of rotatable bonds is 9. The Morgan fingerprint density at radius 3 is 2.47 bits per heavy atom. The summed E-state index contributed by atoms with van der Waals surface area (Å²) in [4.78, 5) is 37.3. The SMILES string of the molecule is COC(=O)c1ccccc1NC(=O)CSc1nnc([C@H](NC(=O)c2ccc(Cl)c(Cl)c2)C(C)C)n1C. The Hall–Kier alpha value is -3.08. The highest BCUT2D eigenvalue weighted by Crippen LogP contribution is 2.26. The number of halogens is 2. The lowest BCUT2D eigenvalue weighted by molar-refractivity contribution is -0.113. The topological polar surface area (TPSA) is 115 Å². The molecule has 1 heterocycles. The Labute approximate surface area is 222 Å². The van der Waals surface area contributed by atoms with Crippen LogP contribution >= 0.6 is 35.0 Å². The second kappa shape index (κ2) is 12.2. The fourth-order valence-electron chi connectivity index (χ4n) is 3.31. The van der Waals surface area contributed by atoms with Gasteiger partial charge in [0.25, 0.3) is 5.91 Å². The first-order valence-electron chi connectivity index (χ1n) is 10.9. The molecule has 0 aliphatic rings. The molecule has 0 spiro atoms. The Kier molecular flexibility index (Phi) is 9.36. The minimum absolute atomic E-state index is 0.00408. The quantitative estimate of drug-likeness (QED) is 0.292. The summed E-state index contributed by atoms with van der Waals surface area (Å²) in [6, 6.07) is 10.8. The third-order valence-corrected chi connectivity index (χ3v) is 6.98. The largest absolute Gasteiger partial charge is 0.465 e. The van der Waals surface area contributed by atoms with Gasteiger partial charge in [0.2, 0.25) is 5.91 Å². The first-order chi connectivity index (χ1) is 17.1. The lowest BCUT2D eigenvalue weighted by Gasteiger charge is -2.22. The number of methoxy groups -OCH3 is 1. The second-order valence-electron chi connectivity index (χ2n) is 8.10. The number of carbonyl (C=O) groups excluding carboxylic acids is 3. The first kappa shape index (κ1) is 27.5. The number of aromatic nitrogens is 3. The van der Waals surface area contributed by atoms with Gasteiger partial charge in [0, 0.05) is 12.6 Å². The maximum absolute atomic E-state index is 12.8. The van der Waals surface area contributed by atoms with Crippen LogP contribution in [0.3, 0.4) is 0 Å². The average Bonchev–Trinajstić information content (AvgIpc) is 3.22. The molecular formula is C24H25Cl2N5O4S. The van der Waals surface area contributed by atoms with Gasteiger partial charge in [-0.2, -0.15) is 0 Å². The average molecular weight is 550 g/mol. The van der Waals surface area contributed by atoms with Crippen LogP contribution in [0.5, 0.6) is 0 Å². The normalized spacial score (nSPS) is 11.8. The van der Waals surface area contributed by atoms with Crippen LogP contribution in [0.4, 0.5) is 5.69 Å². The van der Waals surface area contributed by atoms with Crippen molar-refractivity contribution in [2.45, 2.75) is 25.0 Å². The van der Waals surface area contributed by atoms with Crippen LogP contribution in [0.1, 0.15) is 46.4 Å². The molecule has 3 aromatic rings. The lowest BCUT2D eigenvalue weighted by atomic mass is 10.0. The van der Waals surface area contributed by atoms with Gasteiger partial charge in [0.15, 0.2) is 11.0 Å². The number of thioether (sulfide) groups is 1. The van der Waals surface area contributed by atoms with Crippen LogP contribution < -0.4 is 10.6 Å². The molecule has 3 rings (SSSR count). The van der Waals surface area contributed by atoms with Crippen molar-refractivity contribution < 1.29 is 19.1 Å². The molecule has 0 aliphatic heterocycles. The Morgan fingerprint density at radius 1 is 1.08 bits per heavy atom. The number of para-hydroxylation sites is 1. The molecule has 2 N–H and O–H groups in total. The zero-order valence-electron chi connectivity index (χ0n) is 20.0. The molecule has 1 aromatic heterocycles. The number of esters is 1. The van der Waals surface area contributed by atoms with Gasteiger partial charge < -0.3 is 19.9 Å². The molecule has 1 atom stereocenters.